The number of nitrogens with one attached hydrogen (secondary N) is 1. The van der Waals surface area contributed by atoms with Crippen LogP contribution in [-0.4, -0.2) is 19.8 Å². The van der Waals surface area contributed by atoms with Crippen LogP contribution in [0.4, 0.5) is 0 Å². The first-order valence-electron chi connectivity index (χ1n) is 5.95. The Balaban J connectivity index is 2.77. The lowest BCUT2D eigenvalue weighted by atomic mass is 10.0. The van der Waals surface area contributed by atoms with Crippen molar-refractivity contribution in [2.75, 3.05) is 19.8 Å². The third kappa shape index (κ3) is 4.84. The van der Waals surface area contributed by atoms with Crippen LogP contribution < -0.4 is 5.32 Å². The molecule has 0 saturated heterocycles. The number of rotatable bonds is 7. The molecule has 1 rings (SSSR count). The van der Waals surface area contributed by atoms with Crippen LogP contribution in [0.3, 0.4) is 0 Å². The number of hydrogen-bond acceptors (Lipinski definition) is 2. The molecule has 0 aliphatic carbocycles. The van der Waals surface area contributed by atoms with Crippen molar-refractivity contribution < 1.29 is 4.74 Å². The van der Waals surface area contributed by atoms with Gasteiger partial charge in [-0.2, -0.15) is 0 Å². The minimum Gasteiger partial charge on any atom is -0.382 e. The molecular weight excluding hydrogens is 257 g/mol. The normalized spacial score (nSPS) is 12.7. The molecule has 96 valence electrons. The highest BCUT2D eigenvalue weighted by Gasteiger charge is 2.14. The summed E-state index contributed by atoms with van der Waals surface area (Å²) >= 11 is 12.2. The fourth-order valence-electron chi connectivity index (χ4n) is 1.74. The maximum atomic E-state index is 6.20. The van der Waals surface area contributed by atoms with E-state index in [9.17, 15) is 0 Å². The van der Waals surface area contributed by atoms with Gasteiger partial charge in [-0.15, -0.1) is 0 Å². The number of hydrogen-bond donors (Lipinski definition) is 1. The Morgan fingerprint density at radius 1 is 1.29 bits per heavy atom. The Labute approximate surface area is 113 Å². The zero-order chi connectivity index (χ0) is 12.7. The van der Waals surface area contributed by atoms with Crippen molar-refractivity contribution >= 4 is 23.2 Å². The molecule has 1 aromatic rings. The molecule has 1 atom stereocenters. The fourth-order valence-corrected chi connectivity index (χ4v) is 2.17. The van der Waals surface area contributed by atoms with E-state index < -0.39 is 0 Å². The minimum atomic E-state index is 0.192. The van der Waals surface area contributed by atoms with Crippen LogP contribution in [0.2, 0.25) is 10.0 Å². The molecule has 0 fully saturated rings. The van der Waals surface area contributed by atoms with Crippen LogP contribution >= 0.6 is 23.2 Å². The zero-order valence-electron chi connectivity index (χ0n) is 10.3. The van der Waals surface area contributed by atoms with Crippen LogP contribution in [0.5, 0.6) is 0 Å². The minimum absolute atomic E-state index is 0.192. The van der Waals surface area contributed by atoms with Crippen molar-refractivity contribution in [2.24, 2.45) is 0 Å². The number of ether oxygens (including phenoxy) is 1. The van der Waals surface area contributed by atoms with Crippen molar-refractivity contribution in [3.05, 3.63) is 33.8 Å². The maximum absolute atomic E-state index is 6.20. The van der Waals surface area contributed by atoms with Crippen molar-refractivity contribution in [1.82, 2.24) is 5.32 Å². The van der Waals surface area contributed by atoms with E-state index in [0.29, 0.717) is 5.02 Å². The van der Waals surface area contributed by atoms with Gasteiger partial charge in [0.05, 0.1) is 0 Å². The van der Waals surface area contributed by atoms with Gasteiger partial charge in [-0.1, -0.05) is 30.1 Å². The highest BCUT2D eigenvalue weighted by Crippen LogP contribution is 2.28. The van der Waals surface area contributed by atoms with Gasteiger partial charge in [-0.3, -0.25) is 0 Å². The molecule has 0 aromatic heterocycles. The lowest BCUT2D eigenvalue weighted by Crippen LogP contribution is -2.22. The lowest BCUT2D eigenvalue weighted by Gasteiger charge is -2.19. The van der Waals surface area contributed by atoms with E-state index in [1.165, 1.54) is 0 Å². The largest absolute Gasteiger partial charge is 0.382 e. The first kappa shape index (κ1) is 14.8. The predicted molar refractivity (Wildman–Crippen MR) is 74.0 cm³/mol. The number of halogens is 2. The predicted octanol–water partition coefficient (Wildman–Crippen LogP) is 4.07. The Morgan fingerprint density at radius 3 is 2.71 bits per heavy atom. The molecular formula is C13H19Cl2NO. The van der Waals surface area contributed by atoms with Crippen molar-refractivity contribution in [1.29, 1.82) is 0 Å². The fraction of sp³-hybridized carbons (Fsp3) is 0.538. The molecule has 0 spiro atoms. The van der Waals surface area contributed by atoms with Crippen molar-refractivity contribution in [3.8, 4) is 0 Å². The smallest absolute Gasteiger partial charge is 0.0484 e. The standard InChI is InChI=1S/C13H19Cl2NO/c1-3-16-13(7-8-17-4-2)11-9-10(14)5-6-12(11)15/h5-6,9,13,16H,3-4,7-8H2,1-2H3. The second-order valence-electron chi connectivity index (χ2n) is 3.76. The average Bonchev–Trinajstić information content (AvgIpc) is 2.32. The topological polar surface area (TPSA) is 21.3 Å². The van der Waals surface area contributed by atoms with Crippen molar-refractivity contribution in [2.45, 2.75) is 26.3 Å². The van der Waals surface area contributed by atoms with E-state index >= 15 is 0 Å². The molecule has 17 heavy (non-hydrogen) atoms. The third-order valence-corrected chi connectivity index (χ3v) is 3.12. The highest BCUT2D eigenvalue weighted by molar-refractivity contribution is 6.33. The summed E-state index contributed by atoms with van der Waals surface area (Å²) in [6.07, 6.45) is 0.891. The molecule has 2 nitrogen and oxygen atoms in total. The average molecular weight is 276 g/mol. The summed E-state index contributed by atoms with van der Waals surface area (Å²) < 4.78 is 5.39. The Morgan fingerprint density at radius 2 is 2.06 bits per heavy atom. The monoisotopic (exact) mass is 275 g/mol. The van der Waals surface area contributed by atoms with Gasteiger partial charge in [0.1, 0.15) is 0 Å². The molecule has 1 N–H and O–H groups in total. The van der Waals surface area contributed by atoms with Crippen LogP contribution in [0.25, 0.3) is 0 Å². The quantitative estimate of drug-likeness (QED) is 0.758. The van der Waals surface area contributed by atoms with E-state index in [4.69, 9.17) is 27.9 Å². The van der Waals surface area contributed by atoms with Gasteiger partial charge in [0.15, 0.2) is 0 Å². The van der Waals surface area contributed by atoms with E-state index in [1.807, 2.05) is 19.1 Å². The van der Waals surface area contributed by atoms with Gasteiger partial charge in [0.25, 0.3) is 0 Å². The molecule has 0 radical (unpaired) electrons. The maximum Gasteiger partial charge on any atom is 0.0484 e. The molecule has 0 aliphatic rings. The Kier molecular flexibility index (Phi) is 6.90. The summed E-state index contributed by atoms with van der Waals surface area (Å²) in [7, 11) is 0. The molecule has 1 unspecified atom stereocenters. The summed E-state index contributed by atoms with van der Waals surface area (Å²) in [4.78, 5) is 0. The molecule has 0 amide bonds. The van der Waals surface area contributed by atoms with E-state index in [-0.39, 0.29) is 6.04 Å². The van der Waals surface area contributed by atoms with Crippen LogP contribution in [0.15, 0.2) is 18.2 Å². The second-order valence-corrected chi connectivity index (χ2v) is 4.61. The van der Waals surface area contributed by atoms with Gasteiger partial charge in [0.2, 0.25) is 0 Å². The van der Waals surface area contributed by atoms with Gasteiger partial charge >= 0.3 is 0 Å². The summed E-state index contributed by atoms with van der Waals surface area (Å²) in [5, 5.41) is 4.86. The van der Waals surface area contributed by atoms with E-state index in [2.05, 4.69) is 12.2 Å². The lowest BCUT2D eigenvalue weighted by molar-refractivity contribution is 0.136. The van der Waals surface area contributed by atoms with Crippen molar-refractivity contribution in [3.63, 3.8) is 0 Å². The van der Waals surface area contributed by atoms with E-state index in [1.54, 1.807) is 6.07 Å². The van der Waals surface area contributed by atoms with Gasteiger partial charge in [0, 0.05) is 29.3 Å². The molecule has 0 aliphatic heterocycles. The van der Waals surface area contributed by atoms with Gasteiger partial charge in [-0.05, 0) is 43.7 Å². The first-order chi connectivity index (χ1) is 8.19. The molecule has 4 heteroatoms. The first-order valence-corrected chi connectivity index (χ1v) is 6.70. The summed E-state index contributed by atoms with van der Waals surface area (Å²) in [6, 6.07) is 5.75. The third-order valence-electron chi connectivity index (χ3n) is 2.54. The zero-order valence-corrected chi connectivity index (χ0v) is 11.8. The van der Waals surface area contributed by atoms with Crippen LogP contribution in [-0.2, 0) is 4.74 Å². The summed E-state index contributed by atoms with van der Waals surface area (Å²) in [5.74, 6) is 0. The SMILES string of the molecule is CCNC(CCOCC)c1cc(Cl)ccc1Cl. The number of benzene rings is 1. The second kappa shape index (κ2) is 7.93. The molecule has 0 bridgehead atoms. The van der Waals surface area contributed by atoms with E-state index in [0.717, 1.165) is 36.8 Å². The summed E-state index contributed by atoms with van der Waals surface area (Å²) in [6.45, 7) is 6.42. The van der Waals surface area contributed by atoms with Crippen LogP contribution in [0, 0.1) is 0 Å². The van der Waals surface area contributed by atoms with Gasteiger partial charge in [-0.25, -0.2) is 0 Å². The molecule has 0 saturated carbocycles. The molecule has 1 aromatic carbocycles. The molecule has 0 heterocycles. The highest BCUT2D eigenvalue weighted by atomic mass is 35.5. The van der Waals surface area contributed by atoms with Crippen LogP contribution in [0.1, 0.15) is 31.9 Å². The van der Waals surface area contributed by atoms with Gasteiger partial charge < -0.3 is 10.1 Å². The Bertz CT molecular complexity index is 344. The Hall–Kier alpha value is -0.280. The summed E-state index contributed by atoms with van der Waals surface area (Å²) in [5.41, 5.74) is 1.04.